The fourth-order valence-corrected chi connectivity index (χ4v) is 2.33. The Morgan fingerprint density at radius 2 is 1.62 bits per heavy atom. The van der Waals surface area contributed by atoms with Crippen LogP contribution in [0.2, 0.25) is 0 Å². The molecule has 2 rings (SSSR count). The third kappa shape index (κ3) is 3.64. The van der Waals surface area contributed by atoms with E-state index < -0.39 is 17.7 Å². The van der Waals surface area contributed by atoms with Crippen molar-refractivity contribution in [2.24, 2.45) is 0 Å². The average Bonchev–Trinajstić information content (AvgIpc) is 2.42. The summed E-state index contributed by atoms with van der Waals surface area (Å²) < 4.78 is 40.7. The predicted molar refractivity (Wildman–Crippen MR) is 77.5 cm³/mol. The van der Waals surface area contributed by atoms with Crippen LogP contribution in [0.3, 0.4) is 0 Å². The second-order valence-corrected chi connectivity index (χ2v) is 5.29. The Morgan fingerprint density at radius 1 is 0.905 bits per heavy atom. The lowest BCUT2D eigenvalue weighted by atomic mass is 10.0. The number of aryl methyl sites for hydroxylation is 1. The van der Waals surface area contributed by atoms with E-state index in [0.717, 1.165) is 5.56 Å². The van der Waals surface area contributed by atoms with Gasteiger partial charge in [-0.2, -0.15) is 0 Å². The fourth-order valence-electron chi connectivity index (χ4n) is 2.33. The minimum absolute atomic E-state index is 0.181. The van der Waals surface area contributed by atoms with E-state index in [-0.39, 0.29) is 23.0 Å². The van der Waals surface area contributed by atoms with Gasteiger partial charge in [0.25, 0.3) is 0 Å². The molecular weight excluding hydrogens is 275 g/mol. The van der Waals surface area contributed by atoms with Crippen molar-refractivity contribution in [3.05, 3.63) is 70.5 Å². The van der Waals surface area contributed by atoms with Crippen molar-refractivity contribution >= 4 is 0 Å². The van der Waals surface area contributed by atoms with Crippen molar-refractivity contribution in [1.82, 2.24) is 5.32 Å². The lowest BCUT2D eigenvalue weighted by Gasteiger charge is -2.21. The van der Waals surface area contributed by atoms with E-state index in [1.807, 2.05) is 6.92 Å². The number of nitrogens with one attached hydrogen (secondary N) is 1. The van der Waals surface area contributed by atoms with Crippen molar-refractivity contribution in [2.75, 3.05) is 0 Å². The third-order valence-electron chi connectivity index (χ3n) is 3.59. The first-order valence-electron chi connectivity index (χ1n) is 6.85. The molecule has 2 atom stereocenters. The quantitative estimate of drug-likeness (QED) is 0.852. The number of benzene rings is 2. The summed E-state index contributed by atoms with van der Waals surface area (Å²) in [6, 6.07) is 8.04. The molecule has 2 aromatic carbocycles. The molecule has 1 unspecified atom stereocenters. The monoisotopic (exact) mass is 293 g/mol. The summed E-state index contributed by atoms with van der Waals surface area (Å²) in [5.74, 6) is -1.19. The highest BCUT2D eigenvalue weighted by molar-refractivity contribution is 5.28. The highest BCUT2D eigenvalue weighted by atomic mass is 19.1. The maximum absolute atomic E-state index is 13.9. The second-order valence-electron chi connectivity index (χ2n) is 5.29. The van der Waals surface area contributed by atoms with Gasteiger partial charge < -0.3 is 5.32 Å². The highest BCUT2D eigenvalue weighted by Gasteiger charge is 2.16. The molecule has 0 bridgehead atoms. The van der Waals surface area contributed by atoms with Gasteiger partial charge in [-0.25, -0.2) is 13.2 Å². The minimum Gasteiger partial charge on any atom is -0.304 e. The zero-order chi connectivity index (χ0) is 15.6. The summed E-state index contributed by atoms with van der Waals surface area (Å²) in [7, 11) is 0. The zero-order valence-corrected chi connectivity index (χ0v) is 12.3. The molecule has 0 saturated heterocycles. The van der Waals surface area contributed by atoms with Gasteiger partial charge in [0.05, 0.1) is 0 Å². The molecule has 0 aliphatic carbocycles. The van der Waals surface area contributed by atoms with E-state index in [2.05, 4.69) is 5.32 Å². The largest absolute Gasteiger partial charge is 0.304 e. The van der Waals surface area contributed by atoms with E-state index in [1.54, 1.807) is 19.1 Å². The van der Waals surface area contributed by atoms with Gasteiger partial charge in [-0.1, -0.05) is 12.1 Å². The first-order valence-corrected chi connectivity index (χ1v) is 6.85. The van der Waals surface area contributed by atoms with Gasteiger partial charge >= 0.3 is 0 Å². The molecule has 112 valence electrons. The van der Waals surface area contributed by atoms with Gasteiger partial charge in [0.15, 0.2) is 0 Å². The standard InChI is InChI=1S/C17H18F3N/c1-10-7-17(20)15(9-16(10)19)12(3)21-11(2)13-5-4-6-14(18)8-13/h4-9,11-12,21H,1-3H3/t11-,12?/m0/s1. The molecule has 0 radical (unpaired) electrons. The summed E-state index contributed by atoms with van der Waals surface area (Å²) in [5, 5.41) is 3.15. The van der Waals surface area contributed by atoms with Gasteiger partial charge in [-0.05, 0) is 56.2 Å². The molecule has 0 aromatic heterocycles. The number of hydrogen-bond acceptors (Lipinski definition) is 1. The Morgan fingerprint density at radius 3 is 2.29 bits per heavy atom. The normalized spacial score (nSPS) is 14.0. The van der Waals surface area contributed by atoms with Crippen LogP contribution in [0, 0.1) is 24.4 Å². The predicted octanol–water partition coefficient (Wildman–Crippen LogP) is 4.82. The highest BCUT2D eigenvalue weighted by Crippen LogP contribution is 2.24. The fraction of sp³-hybridized carbons (Fsp3) is 0.294. The maximum Gasteiger partial charge on any atom is 0.128 e. The van der Waals surface area contributed by atoms with Crippen LogP contribution in [-0.4, -0.2) is 0 Å². The average molecular weight is 293 g/mol. The second kappa shape index (κ2) is 6.31. The molecule has 0 saturated carbocycles. The Bertz CT molecular complexity index is 640. The molecule has 1 nitrogen and oxygen atoms in total. The number of halogens is 3. The topological polar surface area (TPSA) is 12.0 Å². The van der Waals surface area contributed by atoms with Gasteiger partial charge in [0.1, 0.15) is 17.5 Å². The summed E-state index contributed by atoms with van der Waals surface area (Å²) in [4.78, 5) is 0. The Balaban J connectivity index is 2.18. The zero-order valence-electron chi connectivity index (χ0n) is 12.3. The van der Waals surface area contributed by atoms with Crippen LogP contribution in [0.25, 0.3) is 0 Å². The van der Waals surface area contributed by atoms with E-state index in [9.17, 15) is 13.2 Å². The lowest BCUT2D eigenvalue weighted by Crippen LogP contribution is -2.23. The van der Waals surface area contributed by atoms with Crippen LogP contribution in [0.5, 0.6) is 0 Å². The van der Waals surface area contributed by atoms with Crippen LogP contribution < -0.4 is 5.32 Å². The first kappa shape index (κ1) is 15.6. The van der Waals surface area contributed by atoms with Crippen molar-refractivity contribution in [1.29, 1.82) is 0 Å². The molecule has 0 aliphatic rings. The van der Waals surface area contributed by atoms with Crippen molar-refractivity contribution in [2.45, 2.75) is 32.9 Å². The Kier molecular flexibility index (Phi) is 4.68. The van der Waals surface area contributed by atoms with Crippen molar-refractivity contribution in [3.63, 3.8) is 0 Å². The third-order valence-corrected chi connectivity index (χ3v) is 3.59. The molecule has 0 spiro atoms. The summed E-state index contributed by atoms with van der Waals surface area (Å²) in [5.41, 5.74) is 1.30. The molecule has 4 heteroatoms. The van der Waals surface area contributed by atoms with Crippen LogP contribution in [-0.2, 0) is 0 Å². The maximum atomic E-state index is 13.9. The van der Waals surface area contributed by atoms with Gasteiger partial charge in [0.2, 0.25) is 0 Å². The summed E-state index contributed by atoms with van der Waals surface area (Å²) in [6.07, 6.45) is 0. The van der Waals surface area contributed by atoms with Crippen molar-refractivity contribution in [3.8, 4) is 0 Å². The Labute approximate surface area is 122 Å². The minimum atomic E-state index is -0.444. The summed E-state index contributed by atoms with van der Waals surface area (Å²) in [6.45, 7) is 5.13. The molecule has 21 heavy (non-hydrogen) atoms. The van der Waals surface area contributed by atoms with Crippen LogP contribution >= 0.6 is 0 Å². The van der Waals surface area contributed by atoms with Gasteiger partial charge in [-0.3, -0.25) is 0 Å². The molecular formula is C17H18F3N. The molecule has 0 heterocycles. The van der Waals surface area contributed by atoms with Crippen molar-refractivity contribution < 1.29 is 13.2 Å². The molecule has 0 fully saturated rings. The van der Waals surface area contributed by atoms with E-state index in [4.69, 9.17) is 0 Å². The van der Waals surface area contributed by atoms with Gasteiger partial charge in [-0.15, -0.1) is 0 Å². The Hall–Kier alpha value is -1.81. The SMILES string of the molecule is Cc1cc(F)c(C(C)N[C@@H](C)c2cccc(F)c2)cc1F. The lowest BCUT2D eigenvalue weighted by molar-refractivity contribution is 0.467. The van der Waals surface area contributed by atoms with E-state index in [0.29, 0.717) is 0 Å². The molecule has 0 aliphatic heterocycles. The molecule has 2 aromatic rings. The summed E-state index contributed by atoms with van der Waals surface area (Å²) >= 11 is 0. The van der Waals surface area contributed by atoms with E-state index in [1.165, 1.54) is 31.2 Å². The first-order chi connectivity index (χ1) is 9.88. The van der Waals surface area contributed by atoms with Crippen LogP contribution in [0.15, 0.2) is 36.4 Å². The number of hydrogen-bond donors (Lipinski definition) is 1. The van der Waals surface area contributed by atoms with Crippen LogP contribution in [0.4, 0.5) is 13.2 Å². The van der Waals surface area contributed by atoms with E-state index >= 15 is 0 Å². The molecule has 0 amide bonds. The van der Waals surface area contributed by atoms with Gasteiger partial charge in [0, 0.05) is 17.6 Å². The molecule has 1 N–H and O–H groups in total. The smallest absolute Gasteiger partial charge is 0.128 e. The van der Waals surface area contributed by atoms with Crippen LogP contribution in [0.1, 0.15) is 42.6 Å². The number of rotatable bonds is 4.